The summed E-state index contributed by atoms with van der Waals surface area (Å²) in [5.41, 5.74) is 0. The van der Waals surface area contributed by atoms with Gasteiger partial charge in [-0.25, -0.2) is 0 Å². The van der Waals surface area contributed by atoms with Crippen LogP contribution in [0.15, 0.2) is 24.0 Å². The molecule has 0 aromatic rings. The maximum atomic E-state index is 5.91. The number of allylic oxidation sites excluding steroid dienone is 3. The fourth-order valence-electron chi connectivity index (χ4n) is 1.99. The molecule has 0 amide bonds. The van der Waals surface area contributed by atoms with Gasteiger partial charge >= 0.3 is 0 Å². The summed E-state index contributed by atoms with van der Waals surface area (Å²) in [5.74, 6) is 1.24. The number of hydrogen-bond acceptors (Lipinski definition) is 1. The first-order valence-corrected chi connectivity index (χ1v) is 5.47. The molecule has 0 radical (unpaired) electrons. The molecule has 0 aromatic carbocycles. The summed E-state index contributed by atoms with van der Waals surface area (Å²) in [6, 6.07) is 0. The van der Waals surface area contributed by atoms with E-state index in [4.69, 9.17) is 4.74 Å². The number of hydrogen-bond donors (Lipinski definition) is 0. The van der Waals surface area contributed by atoms with Crippen LogP contribution in [0.5, 0.6) is 0 Å². The first kappa shape index (κ1) is 8.86. The Bertz CT molecular complexity index is 215. The molecule has 0 saturated carbocycles. The molecule has 0 bridgehead atoms. The van der Waals surface area contributed by atoms with Gasteiger partial charge in [-0.2, -0.15) is 0 Å². The van der Waals surface area contributed by atoms with Crippen molar-refractivity contribution in [3.63, 3.8) is 0 Å². The van der Waals surface area contributed by atoms with Crippen LogP contribution in [0.1, 0.15) is 44.9 Å². The second-order valence-corrected chi connectivity index (χ2v) is 3.93. The number of rotatable bonds is 2. The molecule has 1 unspecified atom stereocenters. The molecule has 1 heteroatoms. The minimum Gasteiger partial charge on any atom is -0.491 e. The van der Waals surface area contributed by atoms with E-state index in [1.165, 1.54) is 44.3 Å². The molecule has 0 spiro atoms. The first-order chi connectivity index (χ1) is 6.45. The second-order valence-electron chi connectivity index (χ2n) is 3.93. The molecular weight excluding hydrogens is 160 g/mol. The van der Waals surface area contributed by atoms with Crippen molar-refractivity contribution in [2.45, 2.75) is 51.0 Å². The van der Waals surface area contributed by atoms with Gasteiger partial charge in [-0.15, -0.1) is 0 Å². The van der Waals surface area contributed by atoms with E-state index in [0.717, 1.165) is 6.42 Å². The van der Waals surface area contributed by atoms with Gasteiger partial charge in [0.05, 0.1) is 5.76 Å². The molecule has 72 valence electrons. The Labute approximate surface area is 80.5 Å². The predicted molar refractivity (Wildman–Crippen MR) is 54.4 cm³/mol. The zero-order valence-corrected chi connectivity index (χ0v) is 8.17. The van der Waals surface area contributed by atoms with Crippen molar-refractivity contribution in [1.82, 2.24) is 0 Å². The Morgan fingerprint density at radius 2 is 2.15 bits per heavy atom. The molecule has 1 atom stereocenters. The van der Waals surface area contributed by atoms with E-state index in [9.17, 15) is 0 Å². The van der Waals surface area contributed by atoms with Crippen molar-refractivity contribution in [2.24, 2.45) is 0 Å². The fraction of sp³-hybridized carbons (Fsp3) is 0.667. The largest absolute Gasteiger partial charge is 0.491 e. The van der Waals surface area contributed by atoms with Crippen LogP contribution in [0.3, 0.4) is 0 Å². The van der Waals surface area contributed by atoms with Crippen LogP contribution in [0, 0.1) is 0 Å². The monoisotopic (exact) mass is 178 g/mol. The summed E-state index contributed by atoms with van der Waals surface area (Å²) < 4.78 is 5.91. The zero-order chi connectivity index (χ0) is 8.93. The molecule has 2 aliphatic rings. The Morgan fingerprint density at radius 1 is 1.15 bits per heavy atom. The van der Waals surface area contributed by atoms with Crippen LogP contribution in [0.25, 0.3) is 0 Å². The highest BCUT2D eigenvalue weighted by molar-refractivity contribution is 5.02. The lowest BCUT2D eigenvalue weighted by atomic mass is 10.0. The van der Waals surface area contributed by atoms with Gasteiger partial charge < -0.3 is 4.74 Å². The standard InChI is InChI=1S/C12H18O/c1-3-7-11(8-4-1)13-12-9-5-2-6-10-12/h3,7,9,11H,1-2,4-6,8,10H2. The van der Waals surface area contributed by atoms with Crippen LogP contribution in [0.4, 0.5) is 0 Å². The molecule has 0 N–H and O–H groups in total. The third-order valence-electron chi connectivity index (χ3n) is 2.76. The van der Waals surface area contributed by atoms with Crippen molar-refractivity contribution in [3.8, 4) is 0 Å². The normalized spacial score (nSPS) is 28.3. The lowest BCUT2D eigenvalue weighted by Gasteiger charge is -2.22. The molecule has 13 heavy (non-hydrogen) atoms. The third kappa shape index (κ3) is 2.61. The first-order valence-electron chi connectivity index (χ1n) is 5.47. The summed E-state index contributed by atoms with van der Waals surface area (Å²) in [7, 11) is 0. The summed E-state index contributed by atoms with van der Waals surface area (Å²) in [6.07, 6.45) is 15.9. The van der Waals surface area contributed by atoms with Gasteiger partial charge in [-0.05, 0) is 50.7 Å². The van der Waals surface area contributed by atoms with Gasteiger partial charge in [0.15, 0.2) is 0 Å². The van der Waals surface area contributed by atoms with Crippen LogP contribution >= 0.6 is 0 Å². The highest BCUT2D eigenvalue weighted by Gasteiger charge is 2.12. The van der Waals surface area contributed by atoms with Gasteiger partial charge in [-0.1, -0.05) is 6.08 Å². The maximum Gasteiger partial charge on any atom is 0.116 e. The van der Waals surface area contributed by atoms with E-state index in [1.54, 1.807) is 0 Å². The lowest BCUT2D eigenvalue weighted by molar-refractivity contribution is 0.129. The fourth-order valence-corrected chi connectivity index (χ4v) is 1.99. The lowest BCUT2D eigenvalue weighted by Crippen LogP contribution is -2.13. The Morgan fingerprint density at radius 3 is 2.85 bits per heavy atom. The predicted octanol–water partition coefficient (Wildman–Crippen LogP) is 3.57. The highest BCUT2D eigenvalue weighted by Crippen LogP contribution is 2.23. The molecule has 0 saturated heterocycles. The van der Waals surface area contributed by atoms with Gasteiger partial charge in [0.25, 0.3) is 0 Å². The van der Waals surface area contributed by atoms with Crippen LogP contribution in [-0.4, -0.2) is 6.10 Å². The SMILES string of the molecule is C1=CC(OC2=CCCCC2)CCC1. The minimum absolute atomic E-state index is 0.373. The molecule has 0 fully saturated rings. The molecule has 0 heterocycles. The second kappa shape index (κ2) is 4.50. The summed E-state index contributed by atoms with van der Waals surface area (Å²) in [6.45, 7) is 0. The Balaban J connectivity index is 1.85. The highest BCUT2D eigenvalue weighted by atomic mass is 16.5. The van der Waals surface area contributed by atoms with Gasteiger partial charge in [0.1, 0.15) is 6.10 Å². The Hall–Kier alpha value is -0.720. The summed E-state index contributed by atoms with van der Waals surface area (Å²) >= 11 is 0. The van der Waals surface area contributed by atoms with E-state index >= 15 is 0 Å². The third-order valence-corrected chi connectivity index (χ3v) is 2.76. The Kier molecular flexibility index (Phi) is 3.07. The molecule has 0 aliphatic heterocycles. The quantitative estimate of drug-likeness (QED) is 0.587. The average molecular weight is 178 g/mol. The number of ether oxygens (including phenoxy) is 1. The summed E-state index contributed by atoms with van der Waals surface area (Å²) in [4.78, 5) is 0. The van der Waals surface area contributed by atoms with E-state index in [1.807, 2.05) is 0 Å². The smallest absolute Gasteiger partial charge is 0.116 e. The van der Waals surface area contributed by atoms with E-state index in [2.05, 4.69) is 18.2 Å². The van der Waals surface area contributed by atoms with Gasteiger partial charge in [0, 0.05) is 6.42 Å². The average Bonchev–Trinajstić information content (AvgIpc) is 2.21. The van der Waals surface area contributed by atoms with Crippen LogP contribution in [0.2, 0.25) is 0 Å². The molecule has 0 aromatic heterocycles. The van der Waals surface area contributed by atoms with Crippen molar-refractivity contribution in [3.05, 3.63) is 24.0 Å². The van der Waals surface area contributed by atoms with E-state index < -0.39 is 0 Å². The van der Waals surface area contributed by atoms with Crippen molar-refractivity contribution >= 4 is 0 Å². The van der Waals surface area contributed by atoms with Crippen molar-refractivity contribution in [1.29, 1.82) is 0 Å². The van der Waals surface area contributed by atoms with E-state index in [0.29, 0.717) is 6.10 Å². The molecule has 1 nitrogen and oxygen atoms in total. The van der Waals surface area contributed by atoms with Gasteiger partial charge in [-0.3, -0.25) is 0 Å². The van der Waals surface area contributed by atoms with E-state index in [-0.39, 0.29) is 0 Å². The molecule has 2 rings (SSSR count). The minimum atomic E-state index is 0.373. The molecule has 2 aliphatic carbocycles. The summed E-state index contributed by atoms with van der Waals surface area (Å²) in [5, 5.41) is 0. The molecular formula is C12H18O. The van der Waals surface area contributed by atoms with Crippen LogP contribution < -0.4 is 0 Å². The van der Waals surface area contributed by atoms with Crippen molar-refractivity contribution < 1.29 is 4.74 Å². The van der Waals surface area contributed by atoms with Crippen LogP contribution in [-0.2, 0) is 4.74 Å². The topological polar surface area (TPSA) is 9.23 Å². The van der Waals surface area contributed by atoms with Gasteiger partial charge in [0.2, 0.25) is 0 Å². The maximum absolute atomic E-state index is 5.91. The van der Waals surface area contributed by atoms with Crippen molar-refractivity contribution in [2.75, 3.05) is 0 Å². The zero-order valence-electron chi connectivity index (χ0n) is 8.17.